The highest BCUT2D eigenvalue weighted by Crippen LogP contribution is 2.40. The Morgan fingerprint density at radius 2 is 0.922 bits per heavy atom. The summed E-state index contributed by atoms with van der Waals surface area (Å²) in [7, 11) is 0. The summed E-state index contributed by atoms with van der Waals surface area (Å²) in [5.74, 6) is -2.58. The summed E-state index contributed by atoms with van der Waals surface area (Å²) in [6.07, 6.45) is 0. The molecule has 0 saturated heterocycles. The second-order valence-electron chi connectivity index (χ2n) is 10.8. The van der Waals surface area contributed by atoms with Gasteiger partial charge in [-0.2, -0.15) is 9.97 Å². The van der Waals surface area contributed by atoms with E-state index in [1.54, 1.807) is 0 Å². The number of aromatic nitrogens is 5. The van der Waals surface area contributed by atoms with Crippen LogP contribution in [0.25, 0.3) is 100.0 Å². The molecule has 0 aliphatic heterocycles. The molecule has 0 aliphatic rings. The third-order valence-electron chi connectivity index (χ3n) is 8.06. The smallest absolute Gasteiger partial charge is 0.238 e. The Balaban J connectivity index is 1.43. The third kappa shape index (κ3) is 4.20. The molecule has 7 aromatic carbocycles. The van der Waals surface area contributed by atoms with Crippen molar-refractivity contribution in [3.05, 3.63) is 163 Å². The van der Waals surface area contributed by atoms with E-state index in [0.717, 1.165) is 9.13 Å². The molecule has 0 fully saturated rings. The van der Waals surface area contributed by atoms with Gasteiger partial charge in [-0.05, 0) is 48.3 Å². The standard InChI is InChI=1S/C45H27N5O/c1-3-13-28(14-4-1)43-46-44(29-15-5-2-6-16-29)48-45(47-43)50-38-21-11-8-18-32(38)35-26-34-31-17-7-10-20-37(31)49(39(34)27-40(35)50)30-23-24-42-36(25-30)33-19-9-12-22-41(33)51-42/h1-27H/i1D,2D,3D,4D,5D,6D,7D,8D,9D,10D,11D,12D,13D,14D,15D,16D,17D,18D,19D,20D,21D,22D,23D,24D,25D,26D,27D. The van der Waals surface area contributed by atoms with E-state index in [9.17, 15) is 12.3 Å². The van der Waals surface area contributed by atoms with Crippen molar-refractivity contribution in [1.82, 2.24) is 24.1 Å². The van der Waals surface area contributed by atoms with Crippen LogP contribution in [0.15, 0.2) is 168 Å². The van der Waals surface area contributed by atoms with Gasteiger partial charge in [-0.15, -0.1) is 0 Å². The molecule has 238 valence electrons. The molecule has 0 bridgehead atoms. The van der Waals surface area contributed by atoms with Gasteiger partial charge >= 0.3 is 0 Å². The number of rotatable bonds is 4. The monoisotopic (exact) mass is 680 g/mol. The van der Waals surface area contributed by atoms with Gasteiger partial charge in [-0.25, -0.2) is 4.98 Å². The molecular formula is C45H27N5O. The number of fused-ring (bicyclic) bond motifs is 9. The van der Waals surface area contributed by atoms with Crippen LogP contribution in [0.2, 0.25) is 0 Å². The highest BCUT2D eigenvalue weighted by atomic mass is 16.3. The Labute approximate surface area is 329 Å². The van der Waals surface area contributed by atoms with Crippen molar-refractivity contribution in [3.63, 3.8) is 0 Å². The molecule has 4 heterocycles. The van der Waals surface area contributed by atoms with Crippen LogP contribution < -0.4 is 0 Å². The molecule has 0 unspecified atom stereocenters. The minimum absolute atomic E-state index is 0.420. The van der Waals surface area contributed by atoms with E-state index >= 15 is 0 Å². The first-order valence-electron chi connectivity index (χ1n) is 28.3. The van der Waals surface area contributed by atoms with E-state index in [0.29, 0.717) is 0 Å². The molecule has 11 aromatic rings. The fraction of sp³-hybridized carbons (Fsp3) is 0. The van der Waals surface area contributed by atoms with Crippen LogP contribution in [0.3, 0.4) is 0 Å². The number of para-hydroxylation sites is 3. The van der Waals surface area contributed by atoms with Gasteiger partial charge < -0.3 is 8.98 Å². The van der Waals surface area contributed by atoms with E-state index in [4.69, 9.17) is 29.1 Å². The quantitative estimate of drug-likeness (QED) is 0.186. The zero-order valence-electron chi connectivity index (χ0n) is 52.1. The van der Waals surface area contributed by atoms with Gasteiger partial charge in [0.15, 0.2) is 11.6 Å². The normalized spacial score (nSPS) is 19.3. The van der Waals surface area contributed by atoms with Crippen LogP contribution >= 0.6 is 0 Å². The van der Waals surface area contributed by atoms with E-state index in [2.05, 4.69) is 15.0 Å². The van der Waals surface area contributed by atoms with Gasteiger partial charge in [0.25, 0.3) is 0 Å². The second-order valence-corrected chi connectivity index (χ2v) is 10.8. The molecule has 0 amide bonds. The molecule has 0 N–H and O–H groups in total. The Bertz CT molecular complexity index is 4570. The van der Waals surface area contributed by atoms with Crippen molar-refractivity contribution < 1.29 is 41.4 Å². The van der Waals surface area contributed by atoms with Crippen molar-refractivity contribution in [2.24, 2.45) is 0 Å². The van der Waals surface area contributed by atoms with Crippen molar-refractivity contribution in [3.8, 4) is 34.4 Å². The van der Waals surface area contributed by atoms with Gasteiger partial charge in [0.05, 0.1) is 59.1 Å². The first kappa shape index (κ1) is 12.4. The van der Waals surface area contributed by atoms with Crippen molar-refractivity contribution in [2.45, 2.75) is 0 Å². The van der Waals surface area contributed by atoms with Gasteiger partial charge in [0.2, 0.25) is 5.95 Å². The van der Waals surface area contributed by atoms with Crippen LogP contribution in [0.5, 0.6) is 0 Å². The third-order valence-corrected chi connectivity index (χ3v) is 8.06. The van der Waals surface area contributed by atoms with Crippen LogP contribution in [0, 0.1) is 0 Å². The van der Waals surface area contributed by atoms with E-state index in [-0.39, 0.29) is 0 Å². The zero-order valence-corrected chi connectivity index (χ0v) is 25.1. The molecule has 4 aromatic heterocycles. The van der Waals surface area contributed by atoms with Crippen LogP contribution in [0.4, 0.5) is 0 Å². The molecular weight excluding hydrogens is 627 g/mol. The molecule has 0 aliphatic carbocycles. The minimum atomic E-state index is -0.928. The SMILES string of the molecule is [2H]c1c([2H])c([2H])c(-c2nc(-c3c([2H])c([2H])c([2H])c([2H])c3[2H])nc(-n3c4c([2H])c([2H])c([2H])c([2H])c4c4c([2H])c5c6c([2H])c([2H])c([2H])c([2H])c6n(-c6c([2H])c([2H])c7oc8c([2H])c([2H])c([2H])c([2H])c8c7c6[2H])c5c([2H])c43)n2)c([2H])c1[2H]. The summed E-state index contributed by atoms with van der Waals surface area (Å²) in [6, 6.07) is -23.4. The van der Waals surface area contributed by atoms with Crippen molar-refractivity contribution in [2.75, 3.05) is 0 Å². The topological polar surface area (TPSA) is 61.7 Å². The second kappa shape index (κ2) is 10.7. The van der Waals surface area contributed by atoms with E-state index in [1.165, 1.54) is 0 Å². The molecule has 0 radical (unpaired) electrons. The van der Waals surface area contributed by atoms with Crippen LogP contribution in [-0.4, -0.2) is 24.1 Å². The summed E-state index contributed by atoms with van der Waals surface area (Å²) in [5, 5.41) is -3.07. The lowest BCUT2D eigenvalue weighted by molar-refractivity contribution is 0.669. The largest absolute Gasteiger partial charge is 0.456 e. The van der Waals surface area contributed by atoms with Crippen LogP contribution in [-0.2, 0) is 0 Å². The van der Waals surface area contributed by atoms with Gasteiger partial charge in [0, 0.05) is 49.1 Å². The maximum Gasteiger partial charge on any atom is 0.238 e. The average Bonchev–Trinajstić information content (AvgIpc) is 4.16. The maximum atomic E-state index is 10.3. The van der Waals surface area contributed by atoms with Gasteiger partial charge in [0.1, 0.15) is 11.2 Å². The predicted molar refractivity (Wildman–Crippen MR) is 207 cm³/mol. The summed E-state index contributed by atoms with van der Waals surface area (Å²) < 4.78 is 248. The highest BCUT2D eigenvalue weighted by molar-refractivity contribution is 6.19. The summed E-state index contributed by atoms with van der Waals surface area (Å²) in [6.45, 7) is 0. The highest BCUT2D eigenvalue weighted by Gasteiger charge is 2.21. The Morgan fingerprint density at radius 1 is 0.392 bits per heavy atom. The molecule has 6 nitrogen and oxygen atoms in total. The van der Waals surface area contributed by atoms with Crippen molar-refractivity contribution >= 4 is 65.6 Å². The van der Waals surface area contributed by atoms with Gasteiger partial charge in [-0.1, -0.05) is 115 Å². The number of benzene rings is 7. The molecule has 11 rings (SSSR count). The summed E-state index contributed by atoms with van der Waals surface area (Å²) >= 11 is 0. The average molecular weight is 681 g/mol. The number of furan rings is 1. The Morgan fingerprint density at radius 3 is 1.59 bits per heavy atom. The van der Waals surface area contributed by atoms with E-state index < -0.39 is 263 Å². The number of hydrogen-bond donors (Lipinski definition) is 0. The lowest BCUT2D eigenvalue weighted by Crippen LogP contribution is -2.06. The fourth-order valence-electron chi connectivity index (χ4n) is 5.95. The predicted octanol–water partition coefficient (Wildman–Crippen LogP) is 11.3. The molecule has 0 saturated carbocycles. The minimum Gasteiger partial charge on any atom is -0.456 e. The zero-order chi connectivity index (χ0) is 57.0. The summed E-state index contributed by atoms with van der Waals surface area (Å²) in [5.41, 5.74) is -5.89. The Kier molecular flexibility index (Phi) is 2.60. The first-order chi connectivity index (χ1) is 36.5. The molecule has 0 spiro atoms. The molecule has 51 heavy (non-hydrogen) atoms. The van der Waals surface area contributed by atoms with Crippen LogP contribution in [0.1, 0.15) is 37.0 Å². The lowest BCUT2D eigenvalue weighted by Gasteiger charge is -2.11. The number of nitrogens with zero attached hydrogens (tertiary/aromatic N) is 5. The lowest BCUT2D eigenvalue weighted by atomic mass is 10.1. The first-order valence-corrected chi connectivity index (χ1v) is 14.8. The summed E-state index contributed by atoms with van der Waals surface area (Å²) in [4.78, 5) is 13.2. The van der Waals surface area contributed by atoms with Gasteiger partial charge in [-0.3, -0.25) is 4.57 Å². The van der Waals surface area contributed by atoms with E-state index in [1.807, 2.05) is 0 Å². The number of hydrogen-bond acceptors (Lipinski definition) is 4. The molecule has 6 heteroatoms. The molecule has 0 atom stereocenters. The fourth-order valence-corrected chi connectivity index (χ4v) is 5.95. The maximum absolute atomic E-state index is 10.3. The Hall–Kier alpha value is -7.05. The van der Waals surface area contributed by atoms with Crippen molar-refractivity contribution in [1.29, 1.82) is 0 Å².